The molecule has 2 rings (SSSR count). The number of hydrogen-bond donors (Lipinski definition) is 0. The molecular weight excluding hydrogens is 150 g/mol. The highest BCUT2D eigenvalue weighted by Crippen LogP contribution is 2.45. The van der Waals surface area contributed by atoms with E-state index in [4.69, 9.17) is 0 Å². The van der Waals surface area contributed by atoms with Crippen LogP contribution in [0.4, 0.5) is 0 Å². The van der Waals surface area contributed by atoms with E-state index in [1.807, 2.05) is 0 Å². The third kappa shape index (κ3) is 1.18. The van der Waals surface area contributed by atoms with Crippen molar-refractivity contribution >= 4 is 5.78 Å². The van der Waals surface area contributed by atoms with Gasteiger partial charge in [-0.15, -0.1) is 0 Å². The molecule has 0 aromatic carbocycles. The molecule has 2 heteroatoms. The maximum absolute atomic E-state index is 11.7. The number of carbonyl (C=O) groups excluding carboxylic acids is 1. The van der Waals surface area contributed by atoms with E-state index in [2.05, 4.69) is 19.0 Å². The summed E-state index contributed by atoms with van der Waals surface area (Å²) in [6.45, 7) is 0.972. The van der Waals surface area contributed by atoms with Gasteiger partial charge in [0.1, 0.15) is 5.78 Å². The van der Waals surface area contributed by atoms with Crippen LogP contribution in [0.15, 0.2) is 0 Å². The lowest BCUT2D eigenvalue weighted by molar-refractivity contribution is -0.126. The zero-order valence-corrected chi connectivity index (χ0v) is 7.92. The molecule has 2 bridgehead atoms. The fourth-order valence-electron chi connectivity index (χ4n) is 2.81. The molecule has 2 aliphatic carbocycles. The minimum absolute atomic E-state index is 0.374. The molecule has 0 amide bonds. The van der Waals surface area contributed by atoms with Crippen molar-refractivity contribution in [2.45, 2.75) is 19.3 Å². The van der Waals surface area contributed by atoms with Crippen LogP contribution in [0.1, 0.15) is 19.3 Å². The van der Waals surface area contributed by atoms with Gasteiger partial charge in [-0.2, -0.15) is 0 Å². The smallest absolute Gasteiger partial charge is 0.140 e. The Morgan fingerprint density at radius 2 is 2.17 bits per heavy atom. The van der Waals surface area contributed by atoms with Crippen molar-refractivity contribution in [1.82, 2.24) is 4.90 Å². The predicted molar refractivity (Wildman–Crippen MR) is 47.9 cm³/mol. The van der Waals surface area contributed by atoms with Gasteiger partial charge in [-0.1, -0.05) is 0 Å². The largest absolute Gasteiger partial charge is 0.309 e. The highest BCUT2D eigenvalue weighted by molar-refractivity contribution is 5.87. The van der Waals surface area contributed by atoms with Crippen LogP contribution in [0.2, 0.25) is 0 Å². The molecule has 0 N–H and O–H groups in total. The Balaban J connectivity index is 2.02. The zero-order chi connectivity index (χ0) is 8.72. The van der Waals surface area contributed by atoms with Crippen molar-refractivity contribution in [2.24, 2.45) is 17.8 Å². The summed E-state index contributed by atoms with van der Waals surface area (Å²) in [6, 6.07) is 0. The minimum Gasteiger partial charge on any atom is -0.309 e. The summed E-state index contributed by atoms with van der Waals surface area (Å²) < 4.78 is 0. The van der Waals surface area contributed by atoms with Gasteiger partial charge in [-0.25, -0.2) is 0 Å². The van der Waals surface area contributed by atoms with Crippen molar-refractivity contribution in [2.75, 3.05) is 20.6 Å². The monoisotopic (exact) mass is 167 g/mol. The van der Waals surface area contributed by atoms with Crippen LogP contribution in [0.5, 0.6) is 0 Å². The van der Waals surface area contributed by atoms with Crippen molar-refractivity contribution in [3.05, 3.63) is 0 Å². The number of fused-ring (bicyclic) bond motifs is 2. The quantitative estimate of drug-likeness (QED) is 0.615. The lowest BCUT2D eigenvalue weighted by Gasteiger charge is -2.23. The summed E-state index contributed by atoms with van der Waals surface area (Å²) in [5.74, 6) is 2.10. The van der Waals surface area contributed by atoms with Crippen molar-refractivity contribution in [1.29, 1.82) is 0 Å². The van der Waals surface area contributed by atoms with E-state index in [1.165, 1.54) is 19.3 Å². The van der Waals surface area contributed by atoms with Crippen LogP contribution in [-0.4, -0.2) is 31.3 Å². The van der Waals surface area contributed by atoms with E-state index in [0.717, 1.165) is 12.5 Å². The van der Waals surface area contributed by atoms with Crippen LogP contribution >= 0.6 is 0 Å². The van der Waals surface area contributed by atoms with Crippen LogP contribution in [0, 0.1) is 17.8 Å². The first-order chi connectivity index (χ1) is 5.68. The third-order valence-electron chi connectivity index (χ3n) is 3.37. The molecule has 0 heterocycles. The molecule has 2 aliphatic rings. The van der Waals surface area contributed by atoms with E-state index in [0.29, 0.717) is 17.6 Å². The van der Waals surface area contributed by atoms with Crippen LogP contribution in [-0.2, 0) is 4.79 Å². The van der Waals surface area contributed by atoms with Crippen LogP contribution < -0.4 is 0 Å². The van der Waals surface area contributed by atoms with Crippen molar-refractivity contribution in [3.8, 4) is 0 Å². The average Bonchev–Trinajstić information content (AvgIpc) is 2.53. The van der Waals surface area contributed by atoms with Crippen LogP contribution in [0.25, 0.3) is 0 Å². The van der Waals surface area contributed by atoms with E-state index in [9.17, 15) is 4.79 Å². The first kappa shape index (κ1) is 8.24. The third-order valence-corrected chi connectivity index (χ3v) is 3.37. The molecule has 3 atom stereocenters. The van der Waals surface area contributed by atoms with Gasteiger partial charge in [0.15, 0.2) is 0 Å². The molecule has 0 aromatic rings. The van der Waals surface area contributed by atoms with Gasteiger partial charge in [0, 0.05) is 18.4 Å². The first-order valence-corrected chi connectivity index (χ1v) is 4.87. The van der Waals surface area contributed by atoms with Gasteiger partial charge in [-0.3, -0.25) is 4.79 Å². The Bertz CT molecular complexity index is 200. The maximum Gasteiger partial charge on any atom is 0.140 e. The second kappa shape index (κ2) is 2.84. The fraction of sp³-hybridized carbons (Fsp3) is 0.900. The number of nitrogens with zero attached hydrogens (tertiary/aromatic N) is 1. The molecule has 68 valence electrons. The molecule has 0 saturated heterocycles. The molecule has 0 aromatic heterocycles. The maximum atomic E-state index is 11.7. The van der Waals surface area contributed by atoms with E-state index in [-0.39, 0.29) is 0 Å². The summed E-state index contributed by atoms with van der Waals surface area (Å²) >= 11 is 0. The number of Topliss-reactive ketones (excluding diaryl/α,β-unsaturated/α-hetero) is 1. The van der Waals surface area contributed by atoms with Crippen molar-refractivity contribution in [3.63, 3.8) is 0 Å². The summed E-state index contributed by atoms with van der Waals surface area (Å²) in [6.07, 6.45) is 3.67. The van der Waals surface area contributed by atoms with E-state index in [1.54, 1.807) is 0 Å². The molecule has 12 heavy (non-hydrogen) atoms. The minimum atomic E-state index is 0.374. The first-order valence-electron chi connectivity index (χ1n) is 4.87. The molecule has 2 fully saturated rings. The average molecular weight is 167 g/mol. The molecular formula is C10H17NO. The normalized spacial score (nSPS) is 39.9. The second-order valence-electron chi connectivity index (χ2n) is 4.54. The molecule has 0 radical (unpaired) electrons. The molecule has 0 spiro atoms. The summed E-state index contributed by atoms with van der Waals surface area (Å²) in [4.78, 5) is 13.8. The molecule has 0 aliphatic heterocycles. The van der Waals surface area contributed by atoms with Crippen LogP contribution in [0.3, 0.4) is 0 Å². The number of rotatable bonds is 2. The van der Waals surface area contributed by atoms with Gasteiger partial charge in [0.25, 0.3) is 0 Å². The number of hydrogen-bond acceptors (Lipinski definition) is 2. The molecule has 2 saturated carbocycles. The highest BCUT2D eigenvalue weighted by Gasteiger charge is 2.46. The van der Waals surface area contributed by atoms with Gasteiger partial charge in [-0.05, 0) is 39.3 Å². The number of carbonyl (C=O) groups is 1. The molecule has 2 nitrogen and oxygen atoms in total. The number of ketones is 1. The standard InChI is InChI=1S/C10H17NO/c1-11(2)6-9-7-3-4-8(5-7)10(9)12/h7-9H,3-6H2,1-2H3/t7-,8+,9+/m1/s1. The Morgan fingerprint density at radius 3 is 2.67 bits per heavy atom. The molecule has 0 unspecified atom stereocenters. The Kier molecular flexibility index (Phi) is 1.95. The lowest BCUT2D eigenvalue weighted by Crippen LogP contribution is -2.31. The summed E-state index contributed by atoms with van der Waals surface area (Å²) in [5.41, 5.74) is 0. The van der Waals surface area contributed by atoms with E-state index >= 15 is 0 Å². The van der Waals surface area contributed by atoms with E-state index < -0.39 is 0 Å². The van der Waals surface area contributed by atoms with Crippen molar-refractivity contribution < 1.29 is 4.79 Å². The van der Waals surface area contributed by atoms with Gasteiger partial charge in [0.2, 0.25) is 0 Å². The zero-order valence-electron chi connectivity index (χ0n) is 7.92. The van der Waals surface area contributed by atoms with Gasteiger partial charge < -0.3 is 4.90 Å². The Morgan fingerprint density at radius 1 is 1.42 bits per heavy atom. The topological polar surface area (TPSA) is 20.3 Å². The second-order valence-corrected chi connectivity index (χ2v) is 4.54. The predicted octanol–water partition coefficient (Wildman–Crippen LogP) is 1.16. The SMILES string of the molecule is CN(C)C[C@@H]1C(=O)[C@H]2CC[C@@H]1C2. The fourth-order valence-corrected chi connectivity index (χ4v) is 2.81. The lowest BCUT2D eigenvalue weighted by atomic mass is 9.87. The Hall–Kier alpha value is -0.370. The van der Waals surface area contributed by atoms with Gasteiger partial charge >= 0.3 is 0 Å². The van der Waals surface area contributed by atoms with Gasteiger partial charge in [0.05, 0.1) is 0 Å². The summed E-state index contributed by atoms with van der Waals surface area (Å²) in [7, 11) is 4.11. The summed E-state index contributed by atoms with van der Waals surface area (Å²) in [5, 5.41) is 0. The highest BCUT2D eigenvalue weighted by atomic mass is 16.1. The Labute approximate surface area is 73.9 Å².